The van der Waals surface area contributed by atoms with E-state index in [-0.39, 0.29) is 25.1 Å². The minimum absolute atomic E-state index is 0.0194. The van der Waals surface area contributed by atoms with Gasteiger partial charge in [-0.15, -0.1) is 0 Å². The number of hydrogen-bond acceptors (Lipinski definition) is 6. The molecule has 0 rings (SSSR count). The Bertz CT molecular complexity index is 601. The van der Waals surface area contributed by atoms with E-state index < -0.39 is 12.1 Å². The maximum absolute atomic E-state index is 12.6. The summed E-state index contributed by atoms with van der Waals surface area (Å²) in [5.41, 5.74) is 0. The van der Waals surface area contributed by atoms with Crippen molar-refractivity contribution in [1.82, 2.24) is 4.90 Å². The molecule has 7 heteroatoms. The van der Waals surface area contributed by atoms with Crippen LogP contribution in [0.2, 0.25) is 0 Å². The summed E-state index contributed by atoms with van der Waals surface area (Å²) in [7, 11) is 0. The third-order valence-electron chi connectivity index (χ3n) is 8.46. The molecule has 0 spiro atoms. The van der Waals surface area contributed by atoms with Gasteiger partial charge < -0.3 is 25.0 Å². The van der Waals surface area contributed by atoms with E-state index in [0.717, 1.165) is 103 Å². The molecule has 3 N–H and O–H groups in total. The van der Waals surface area contributed by atoms with E-state index in [9.17, 15) is 19.8 Å². The molecule has 0 saturated carbocycles. The van der Waals surface area contributed by atoms with Crippen molar-refractivity contribution in [2.45, 2.75) is 193 Å². The molecule has 0 aromatic rings. The minimum atomic E-state index is -0.727. The molecular weight excluding hydrogens is 542 g/mol. The zero-order valence-corrected chi connectivity index (χ0v) is 28.4. The molecule has 0 aromatic carbocycles. The highest BCUT2D eigenvalue weighted by atomic mass is 16.5. The third kappa shape index (κ3) is 30.6. The topological polar surface area (TPSA) is 107 Å². The molecule has 0 aliphatic rings. The average Bonchev–Trinajstić information content (AvgIpc) is 2.98. The van der Waals surface area contributed by atoms with Gasteiger partial charge in [0.1, 0.15) is 6.10 Å². The number of ether oxygens (including phenoxy) is 1. The lowest BCUT2D eigenvalue weighted by atomic mass is 10.0. The van der Waals surface area contributed by atoms with Crippen LogP contribution < -0.4 is 0 Å². The van der Waals surface area contributed by atoms with Crippen molar-refractivity contribution in [3.05, 3.63) is 0 Å². The molecule has 0 bridgehead atoms. The Hall–Kier alpha value is -1.18. The molecule has 0 amide bonds. The second-order valence-electron chi connectivity index (χ2n) is 12.8. The van der Waals surface area contributed by atoms with Gasteiger partial charge in [-0.3, -0.25) is 9.59 Å². The zero-order valence-electron chi connectivity index (χ0n) is 28.4. The molecule has 0 saturated heterocycles. The SMILES string of the molecule is CCCCCCCCC(CCCCCCCC)OC(=O)CCCCCCCN(CCCCCCCC(=O)O)CC(O)CO. The molecule has 0 fully saturated rings. The van der Waals surface area contributed by atoms with Gasteiger partial charge in [0, 0.05) is 19.4 Å². The van der Waals surface area contributed by atoms with Gasteiger partial charge in [-0.2, -0.15) is 0 Å². The number of carboxylic acid groups (broad SMARTS) is 1. The summed E-state index contributed by atoms with van der Waals surface area (Å²) >= 11 is 0. The monoisotopic (exact) mass is 614 g/mol. The van der Waals surface area contributed by atoms with Crippen LogP contribution in [-0.4, -0.2) is 70.6 Å². The summed E-state index contributed by atoms with van der Waals surface area (Å²) in [6.07, 6.45) is 27.3. The van der Waals surface area contributed by atoms with E-state index in [0.29, 0.717) is 13.0 Å². The summed E-state index contributed by atoms with van der Waals surface area (Å²) in [4.78, 5) is 25.5. The number of rotatable bonds is 34. The minimum Gasteiger partial charge on any atom is -0.481 e. The summed E-state index contributed by atoms with van der Waals surface area (Å²) in [6.45, 7) is 6.55. The van der Waals surface area contributed by atoms with Crippen molar-refractivity contribution in [3.8, 4) is 0 Å². The Balaban J connectivity index is 4.19. The molecule has 0 aliphatic heterocycles. The van der Waals surface area contributed by atoms with Gasteiger partial charge in [-0.25, -0.2) is 0 Å². The Morgan fingerprint density at radius 2 is 1.02 bits per heavy atom. The first-order chi connectivity index (χ1) is 20.9. The van der Waals surface area contributed by atoms with E-state index in [1.54, 1.807) is 0 Å². The Morgan fingerprint density at radius 3 is 1.49 bits per heavy atom. The van der Waals surface area contributed by atoms with Crippen molar-refractivity contribution in [2.24, 2.45) is 0 Å². The lowest BCUT2D eigenvalue weighted by Gasteiger charge is -2.24. The second-order valence-corrected chi connectivity index (χ2v) is 12.8. The number of aliphatic carboxylic acids is 1. The summed E-state index contributed by atoms with van der Waals surface area (Å²) in [5.74, 6) is -0.746. The Morgan fingerprint density at radius 1 is 0.605 bits per heavy atom. The molecule has 0 aromatic heterocycles. The lowest BCUT2D eigenvalue weighted by molar-refractivity contribution is -0.150. The zero-order chi connectivity index (χ0) is 31.8. The largest absolute Gasteiger partial charge is 0.481 e. The predicted octanol–water partition coefficient (Wildman–Crippen LogP) is 8.82. The van der Waals surface area contributed by atoms with Crippen LogP contribution in [0.25, 0.3) is 0 Å². The molecule has 1 unspecified atom stereocenters. The summed E-state index contributed by atoms with van der Waals surface area (Å²) in [5, 5.41) is 27.9. The van der Waals surface area contributed by atoms with Gasteiger partial charge in [0.05, 0.1) is 12.7 Å². The van der Waals surface area contributed by atoms with Crippen LogP contribution in [0.3, 0.4) is 0 Å². The van der Waals surface area contributed by atoms with E-state index in [4.69, 9.17) is 9.84 Å². The second kappa shape index (κ2) is 32.2. The van der Waals surface area contributed by atoms with Crippen molar-refractivity contribution in [2.75, 3.05) is 26.2 Å². The van der Waals surface area contributed by atoms with Crippen LogP contribution in [-0.2, 0) is 14.3 Å². The van der Waals surface area contributed by atoms with Crippen molar-refractivity contribution >= 4 is 11.9 Å². The van der Waals surface area contributed by atoms with Gasteiger partial charge in [0.15, 0.2) is 0 Å². The number of carbonyl (C=O) groups excluding carboxylic acids is 1. The smallest absolute Gasteiger partial charge is 0.306 e. The van der Waals surface area contributed by atoms with Gasteiger partial charge in [-0.05, 0) is 64.5 Å². The van der Waals surface area contributed by atoms with Gasteiger partial charge in [0.2, 0.25) is 0 Å². The van der Waals surface area contributed by atoms with Crippen LogP contribution in [0.1, 0.15) is 181 Å². The van der Waals surface area contributed by atoms with E-state index in [1.165, 1.54) is 64.2 Å². The standard InChI is InChI=1S/C36H71NO6/c1-3-5-7-9-13-19-25-34(26-20-14-10-8-6-4-2)43-36(42)28-22-16-12-18-24-30-37(31-33(39)32-38)29-23-17-11-15-21-27-35(40)41/h33-34,38-39H,3-32H2,1-2H3,(H,40,41). The van der Waals surface area contributed by atoms with E-state index in [1.807, 2.05) is 0 Å². The number of nitrogens with zero attached hydrogens (tertiary/aromatic N) is 1. The van der Waals surface area contributed by atoms with Gasteiger partial charge in [-0.1, -0.05) is 117 Å². The Labute approximate surface area is 265 Å². The summed E-state index contributed by atoms with van der Waals surface area (Å²) < 4.78 is 5.98. The molecule has 7 nitrogen and oxygen atoms in total. The highest BCUT2D eigenvalue weighted by molar-refractivity contribution is 5.69. The first kappa shape index (κ1) is 41.8. The predicted molar refractivity (Wildman–Crippen MR) is 178 cm³/mol. The number of carboxylic acids is 1. The molecule has 256 valence electrons. The van der Waals surface area contributed by atoms with E-state index >= 15 is 0 Å². The number of esters is 1. The van der Waals surface area contributed by atoms with Gasteiger partial charge >= 0.3 is 11.9 Å². The van der Waals surface area contributed by atoms with Crippen molar-refractivity contribution in [3.63, 3.8) is 0 Å². The molecule has 0 radical (unpaired) electrons. The molecule has 43 heavy (non-hydrogen) atoms. The maximum atomic E-state index is 12.6. The number of unbranched alkanes of at least 4 members (excludes halogenated alkanes) is 18. The van der Waals surface area contributed by atoms with Crippen LogP contribution in [0.15, 0.2) is 0 Å². The lowest BCUT2D eigenvalue weighted by Crippen LogP contribution is -2.35. The molecule has 0 heterocycles. The van der Waals surface area contributed by atoms with Crippen molar-refractivity contribution in [1.29, 1.82) is 0 Å². The first-order valence-electron chi connectivity index (χ1n) is 18.3. The highest BCUT2D eigenvalue weighted by Crippen LogP contribution is 2.18. The van der Waals surface area contributed by atoms with Crippen LogP contribution in [0.4, 0.5) is 0 Å². The fourth-order valence-electron chi connectivity index (χ4n) is 5.74. The Kier molecular flexibility index (Phi) is 31.3. The molecule has 0 aliphatic carbocycles. The number of carbonyl (C=O) groups is 2. The molecule has 1 atom stereocenters. The maximum Gasteiger partial charge on any atom is 0.306 e. The first-order valence-corrected chi connectivity index (χ1v) is 18.3. The van der Waals surface area contributed by atoms with Crippen LogP contribution in [0.5, 0.6) is 0 Å². The average molecular weight is 614 g/mol. The normalized spacial score (nSPS) is 12.3. The summed E-state index contributed by atoms with van der Waals surface area (Å²) in [6, 6.07) is 0. The highest BCUT2D eigenvalue weighted by Gasteiger charge is 2.15. The van der Waals surface area contributed by atoms with E-state index in [2.05, 4.69) is 18.7 Å². The number of hydrogen-bond donors (Lipinski definition) is 3. The van der Waals surface area contributed by atoms with Crippen LogP contribution in [0, 0.1) is 0 Å². The fraction of sp³-hybridized carbons (Fsp3) is 0.944. The fourth-order valence-corrected chi connectivity index (χ4v) is 5.74. The number of aliphatic hydroxyl groups is 2. The van der Waals surface area contributed by atoms with Crippen LogP contribution >= 0.6 is 0 Å². The third-order valence-corrected chi connectivity index (χ3v) is 8.46. The quantitative estimate of drug-likeness (QED) is 0.0492. The van der Waals surface area contributed by atoms with Crippen molar-refractivity contribution < 1.29 is 29.6 Å². The molecular formula is C36H71NO6. The van der Waals surface area contributed by atoms with Gasteiger partial charge in [0.25, 0.3) is 0 Å². The number of aliphatic hydroxyl groups excluding tert-OH is 2.